The molecule has 0 saturated carbocycles. The van der Waals surface area contributed by atoms with Crippen LogP contribution in [0.4, 0.5) is 0 Å². The predicted octanol–water partition coefficient (Wildman–Crippen LogP) is 4.95. The lowest BCUT2D eigenvalue weighted by Gasteiger charge is -2.17. The molecule has 0 amide bonds. The van der Waals surface area contributed by atoms with Gasteiger partial charge in [-0.1, -0.05) is 39.8 Å². The molecular formula is C18H31NO. The second kappa shape index (κ2) is 9.82. The van der Waals surface area contributed by atoms with Crippen LogP contribution in [0.25, 0.3) is 0 Å². The molecule has 0 heterocycles. The molecule has 1 aromatic carbocycles. The third-order valence-corrected chi connectivity index (χ3v) is 3.53. The summed E-state index contributed by atoms with van der Waals surface area (Å²) in [6.07, 6.45) is 4.66. The molecule has 0 saturated heterocycles. The monoisotopic (exact) mass is 277 g/mol. The zero-order valence-corrected chi connectivity index (χ0v) is 13.6. The number of ether oxygens (including phenoxy) is 1. The van der Waals surface area contributed by atoms with Gasteiger partial charge in [-0.15, -0.1) is 0 Å². The van der Waals surface area contributed by atoms with Crippen molar-refractivity contribution in [1.82, 2.24) is 5.32 Å². The van der Waals surface area contributed by atoms with E-state index in [4.69, 9.17) is 4.74 Å². The standard InChI is InChI=1S/C18H31NO/c1-5-13-19-18(6-2)16-9-11-17(12-10-16)20-14-7-8-15(3)4/h9-12,15,18-19H,5-8,13-14H2,1-4H3. The van der Waals surface area contributed by atoms with Crippen LogP contribution >= 0.6 is 0 Å². The Kier molecular flexibility index (Phi) is 8.36. The third-order valence-electron chi connectivity index (χ3n) is 3.53. The summed E-state index contributed by atoms with van der Waals surface area (Å²) < 4.78 is 5.79. The summed E-state index contributed by atoms with van der Waals surface area (Å²) in [5.74, 6) is 1.75. The summed E-state index contributed by atoms with van der Waals surface area (Å²) in [6.45, 7) is 10.8. The van der Waals surface area contributed by atoms with E-state index in [9.17, 15) is 0 Å². The predicted molar refractivity (Wildman–Crippen MR) is 87.3 cm³/mol. The van der Waals surface area contributed by atoms with Crippen LogP contribution in [0.2, 0.25) is 0 Å². The highest BCUT2D eigenvalue weighted by atomic mass is 16.5. The summed E-state index contributed by atoms with van der Waals surface area (Å²) in [5.41, 5.74) is 1.36. The molecule has 0 bridgehead atoms. The van der Waals surface area contributed by atoms with Crippen molar-refractivity contribution in [1.29, 1.82) is 0 Å². The Hall–Kier alpha value is -1.02. The zero-order valence-electron chi connectivity index (χ0n) is 13.6. The van der Waals surface area contributed by atoms with Gasteiger partial charge in [0.05, 0.1) is 6.61 Å². The molecule has 114 valence electrons. The van der Waals surface area contributed by atoms with Crippen molar-refractivity contribution in [2.45, 2.75) is 59.4 Å². The van der Waals surface area contributed by atoms with E-state index in [1.54, 1.807) is 0 Å². The number of hydrogen-bond donors (Lipinski definition) is 1. The van der Waals surface area contributed by atoms with Crippen molar-refractivity contribution in [3.8, 4) is 5.75 Å². The number of nitrogens with one attached hydrogen (secondary N) is 1. The van der Waals surface area contributed by atoms with Crippen LogP contribution in [0.3, 0.4) is 0 Å². The fraction of sp³-hybridized carbons (Fsp3) is 0.667. The van der Waals surface area contributed by atoms with Gasteiger partial charge in [0.2, 0.25) is 0 Å². The lowest BCUT2D eigenvalue weighted by atomic mass is 10.0. The van der Waals surface area contributed by atoms with E-state index in [-0.39, 0.29) is 0 Å². The fourth-order valence-corrected chi connectivity index (χ4v) is 2.29. The molecule has 1 atom stereocenters. The van der Waals surface area contributed by atoms with Gasteiger partial charge in [0.1, 0.15) is 5.75 Å². The second-order valence-corrected chi connectivity index (χ2v) is 5.87. The summed E-state index contributed by atoms with van der Waals surface area (Å²) in [6, 6.07) is 9.04. The molecular weight excluding hydrogens is 246 g/mol. The molecule has 0 fully saturated rings. The van der Waals surface area contributed by atoms with E-state index in [2.05, 4.69) is 57.3 Å². The summed E-state index contributed by atoms with van der Waals surface area (Å²) >= 11 is 0. The molecule has 2 nitrogen and oxygen atoms in total. The van der Waals surface area contributed by atoms with E-state index in [1.807, 2.05) is 0 Å². The van der Waals surface area contributed by atoms with Gasteiger partial charge >= 0.3 is 0 Å². The highest BCUT2D eigenvalue weighted by molar-refractivity contribution is 5.29. The van der Waals surface area contributed by atoms with Crippen LogP contribution in [0.15, 0.2) is 24.3 Å². The van der Waals surface area contributed by atoms with Crippen molar-refractivity contribution in [3.05, 3.63) is 29.8 Å². The van der Waals surface area contributed by atoms with Gasteiger partial charge in [-0.05, 0) is 55.8 Å². The molecule has 1 N–H and O–H groups in total. The molecule has 2 heteroatoms. The van der Waals surface area contributed by atoms with Crippen LogP contribution in [0.5, 0.6) is 5.75 Å². The van der Waals surface area contributed by atoms with Crippen LogP contribution in [0.1, 0.15) is 65.0 Å². The first-order chi connectivity index (χ1) is 9.67. The van der Waals surface area contributed by atoms with E-state index in [0.717, 1.165) is 37.7 Å². The second-order valence-electron chi connectivity index (χ2n) is 5.87. The molecule has 0 radical (unpaired) electrons. The molecule has 0 aliphatic rings. The number of hydrogen-bond acceptors (Lipinski definition) is 2. The molecule has 20 heavy (non-hydrogen) atoms. The number of rotatable bonds is 10. The Balaban J connectivity index is 2.42. The van der Waals surface area contributed by atoms with Crippen molar-refractivity contribution in [3.63, 3.8) is 0 Å². The average molecular weight is 277 g/mol. The van der Waals surface area contributed by atoms with Gasteiger partial charge in [0, 0.05) is 6.04 Å². The molecule has 1 unspecified atom stereocenters. The highest BCUT2D eigenvalue weighted by Crippen LogP contribution is 2.20. The normalized spacial score (nSPS) is 12.7. The maximum atomic E-state index is 5.79. The van der Waals surface area contributed by atoms with Crippen molar-refractivity contribution in [2.75, 3.05) is 13.2 Å². The largest absolute Gasteiger partial charge is 0.494 e. The van der Waals surface area contributed by atoms with Gasteiger partial charge in [0.25, 0.3) is 0 Å². The fourth-order valence-electron chi connectivity index (χ4n) is 2.29. The molecule has 0 aliphatic carbocycles. The van der Waals surface area contributed by atoms with E-state index in [1.165, 1.54) is 18.4 Å². The molecule has 1 rings (SSSR count). The van der Waals surface area contributed by atoms with Gasteiger partial charge in [-0.2, -0.15) is 0 Å². The Morgan fingerprint density at radius 2 is 1.80 bits per heavy atom. The van der Waals surface area contributed by atoms with Crippen LogP contribution in [0, 0.1) is 5.92 Å². The van der Waals surface area contributed by atoms with Crippen LogP contribution < -0.4 is 10.1 Å². The van der Waals surface area contributed by atoms with E-state index < -0.39 is 0 Å². The first kappa shape index (κ1) is 17.0. The van der Waals surface area contributed by atoms with Crippen LogP contribution in [-0.4, -0.2) is 13.2 Å². The van der Waals surface area contributed by atoms with Crippen molar-refractivity contribution in [2.24, 2.45) is 5.92 Å². The summed E-state index contributed by atoms with van der Waals surface area (Å²) in [7, 11) is 0. The first-order valence-electron chi connectivity index (χ1n) is 8.13. The van der Waals surface area contributed by atoms with Gasteiger partial charge < -0.3 is 10.1 Å². The molecule has 0 aromatic heterocycles. The minimum Gasteiger partial charge on any atom is -0.494 e. The number of benzene rings is 1. The Labute approximate surface area is 124 Å². The van der Waals surface area contributed by atoms with Gasteiger partial charge in [0.15, 0.2) is 0 Å². The Bertz CT molecular complexity index is 345. The van der Waals surface area contributed by atoms with E-state index in [0.29, 0.717) is 6.04 Å². The Morgan fingerprint density at radius 1 is 1.10 bits per heavy atom. The third kappa shape index (κ3) is 6.42. The van der Waals surface area contributed by atoms with Gasteiger partial charge in [-0.3, -0.25) is 0 Å². The zero-order chi connectivity index (χ0) is 14.8. The van der Waals surface area contributed by atoms with Crippen molar-refractivity contribution >= 4 is 0 Å². The SMILES string of the molecule is CCCNC(CC)c1ccc(OCCCC(C)C)cc1. The van der Waals surface area contributed by atoms with Crippen molar-refractivity contribution < 1.29 is 4.74 Å². The lowest BCUT2D eigenvalue weighted by molar-refractivity contribution is 0.297. The Morgan fingerprint density at radius 3 is 2.35 bits per heavy atom. The maximum absolute atomic E-state index is 5.79. The summed E-state index contributed by atoms with van der Waals surface area (Å²) in [4.78, 5) is 0. The first-order valence-corrected chi connectivity index (χ1v) is 8.13. The van der Waals surface area contributed by atoms with Crippen LogP contribution in [-0.2, 0) is 0 Å². The minimum atomic E-state index is 0.463. The molecule has 0 spiro atoms. The maximum Gasteiger partial charge on any atom is 0.119 e. The lowest BCUT2D eigenvalue weighted by Crippen LogP contribution is -2.21. The molecule has 1 aromatic rings. The average Bonchev–Trinajstić information content (AvgIpc) is 2.45. The molecule has 0 aliphatic heterocycles. The minimum absolute atomic E-state index is 0.463. The summed E-state index contributed by atoms with van der Waals surface area (Å²) in [5, 5.41) is 3.58. The smallest absolute Gasteiger partial charge is 0.119 e. The van der Waals surface area contributed by atoms with Gasteiger partial charge in [-0.25, -0.2) is 0 Å². The highest BCUT2D eigenvalue weighted by Gasteiger charge is 2.07. The topological polar surface area (TPSA) is 21.3 Å². The quantitative estimate of drug-likeness (QED) is 0.611. The van der Waals surface area contributed by atoms with E-state index >= 15 is 0 Å².